The number of methoxy groups -OCH3 is 1. The summed E-state index contributed by atoms with van der Waals surface area (Å²) in [5.41, 5.74) is 3.45. The van der Waals surface area contributed by atoms with Gasteiger partial charge in [0.05, 0.1) is 6.61 Å². The summed E-state index contributed by atoms with van der Waals surface area (Å²) in [5.74, 6) is -0.674. The maximum absolute atomic E-state index is 12.5. The first kappa shape index (κ1) is 20.8. The second-order valence-electron chi connectivity index (χ2n) is 6.21. The van der Waals surface area contributed by atoms with Crippen LogP contribution >= 0.6 is 11.6 Å². The molecule has 0 radical (unpaired) electrons. The lowest BCUT2D eigenvalue weighted by Gasteiger charge is -2.14. The third kappa shape index (κ3) is 5.00. The molecule has 142 valence electrons. The van der Waals surface area contributed by atoms with E-state index in [0.717, 1.165) is 17.0 Å². The summed E-state index contributed by atoms with van der Waals surface area (Å²) >= 11 is 6.14. The lowest BCUT2D eigenvalue weighted by atomic mass is 10.1. The number of nitriles is 1. The standard InChI is InChI=1S/C21H23ClN2O3/c1-14-11-17(15(2)24(14)9-10-26-4)12-18(13-23)21(25)27-16(3)19-7-5-6-8-20(19)22/h5-8,11-12,16H,9-10H2,1-4H3/b18-12+/t16-/m0/s1. The van der Waals surface area contributed by atoms with E-state index in [4.69, 9.17) is 21.1 Å². The van der Waals surface area contributed by atoms with Crippen molar-refractivity contribution in [1.29, 1.82) is 5.26 Å². The molecule has 5 nitrogen and oxygen atoms in total. The number of hydrogen-bond donors (Lipinski definition) is 0. The summed E-state index contributed by atoms with van der Waals surface area (Å²) in [6, 6.07) is 11.0. The van der Waals surface area contributed by atoms with Crippen LogP contribution < -0.4 is 0 Å². The molecule has 27 heavy (non-hydrogen) atoms. The van der Waals surface area contributed by atoms with E-state index in [1.165, 1.54) is 0 Å². The number of nitrogens with zero attached hydrogens (tertiary/aromatic N) is 2. The molecule has 0 amide bonds. The van der Waals surface area contributed by atoms with Gasteiger partial charge >= 0.3 is 5.97 Å². The summed E-state index contributed by atoms with van der Waals surface area (Å²) in [5, 5.41) is 9.95. The van der Waals surface area contributed by atoms with Gasteiger partial charge in [0.2, 0.25) is 0 Å². The number of esters is 1. The van der Waals surface area contributed by atoms with Crippen LogP contribution in [0.15, 0.2) is 35.9 Å². The molecule has 0 saturated heterocycles. The first-order valence-corrected chi connectivity index (χ1v) is 8.99. The van der Waals surface area contributed by atoms with Crippen molar-refractivity contribution >= 4 is 23.6 Å². The number of carbonyl (C=O) groups excluding carboxylic acids is 1. The lowest BCUT2D eigenvalue weighted by molar-refractivity contribution is -0.143. The smallest absolute Gasteiger partial charge is 0.349 e. The molecule has 0 fully saturated rings. The highest BCUT2D eigenvalue weighted by Gasteiger charge is 2.19. The van der Waals surface area contributed by atoms with E-state index in [2.05, 4.69) is 4.57 Å². The van der Waals surface area contributed by atoms with Crippen LogP contribution in [0.25, 0.3) is 6.08 Å². The van der Waals surface area contributed by atoms with Gasteiger partial charge in [-0.1, -0.05) is 29.8 Å². The van der Waals surface area contributed by atoms with Gasteiger partial charge in [-0.25, -0.2) is 4.79 Å². The Balaban J connectivity index is 2.22. The molecule has 0 bridgehead atoms. The SMILES string of the molecule is COCCn1c(C)cc(/C=C(\C#N)C(=O)O[C@@H](C)c2ccccc2Cl)c1C. The summed E-state index contributed by atoms with van der Waals surface area (Å²) in [6.07, 6.45) is 1.00. The Morgan fingerprint density at radius 2 is 2.07 bits per heavy atom. The van der Waals surface area contributed by atoms with Crippen molar-refractivity contribution in [2.45, 2.75) is 33.4 Å². The maximum atomic E-state index is 12.5. The fourth-order valence-electron chi connectivity index (χ4n) is 2.89. The Hall–Kier alpha value is -2.55. The summed E-state index contributed by atoms with van der Waals surface area (Å²) in [6.45, 7) is 6.94. The van der Waals surface area contributed by atoms with Crippen molar-refractivity contribution in [3.63, 3.8) is 0 Å². The number of aryl methyl sites for hydroxylation is 1. The molecule has 0 saturated carbocycles. The van der Waals surface area contributed by atoms with E-state index in [1.807, 2.05) is 32.0 Å². The zero-order valence-corrected chi connectivity index (χ0v) is 16.7. The number of halogens is 1. The monoisotopic (exact) mass is 386 g/mol. The van der Waals surface area contributed by atoms with Gasteiger partial charge in [-0.05, 0) is 44.5 Å². The molecule has 0 N–H and O–H groups in total. The van der Waals surface area contributed by atoms with Gasteiger partial charge in [-0.3, -0.25) is 0 Å². The molecule has 1 aromatic heterocycles. The summed E-state index contributed by atoms with van der Waals surface area (Å²) < 4.78 is 12.7. The van der Waals surface area contributed by atoms with E-state index in [-0.39, 0.29) is 5.57 Å². The van der Waals surface area contributed by atoms with Crippen molar-refractivity contribution in [1.82, 2.24) is 4.57 Å². The number of rotatable bonds is 7. The zero-order chi connectivity index (χ0) is 20.0. The van der Waals surface area contributed by atoms with Crippen LogP contribution in [0.5, 0.6) is 0 Å². The quantitative estimate of drug-likeness (QED) is 0.396. The molecule has 2 aromatic rings. The molecule has 0 spiro atoms. The van der Waals surface area contributed by atoms with Crippen molar-refractivity contribution in [3.05, 3.63) is 63.4 Å². The van der Waals surface area contributed by atoms with Crippen LogP contribution in [0.4, 0.5) is 0 Å². The second-order valence-corrected chi connectivity index (χ2v) is 6.62. The average Bonchev–Trinajstić information content (AvgIpc) is 2.91. The molecule has 1 atom stereocenters. The van der Waals surface area contributed by atoms with Crippen LogP contribution in [0.2, 0.25) is 5.02 Å². The average molecular weight is 387 g/mol. The number of carbonyl (C=O) groups is 1. The van der Waals surface area contributed by atoms with Crippen molar-refractivity contribution in [3.8, 4) is 6.07 Å². The largest absolute Gasteiger partial charge is 0.454 e. The van der Waals surface area contributed by atoms with Gasteiger partial charge in [0, 0.05) is 35.6 Å². The fourth-order valence-corrected chi connectivity index (χ4v) is 3.17. The zero-order valence-electron chi connectivity index (χ0n) is 16.0. The van der Waals surface area contributed by atoms with E-state index in [1.54, 1.807) is 38.3 Å². The Kier molecular flexibility index (Phi) is 7.23. The molecular formula is C21H23ClN2O3. The molecule has 1 aromatic carbocycles. The van der Waals surface area contributed by atoms with Gasteiger partial charge in [0.25, 0.3) is 0 Å². The van der Waals surface area contributed by atoms with E-state index in [0.29, 0.717) is 23.7 Å². The van der Waals surface area contributed by atoms with E-state index in [9.17, 15) is 10.1 Å². The van der Waals surface area contributed by atoms with Crippen LogP contribution in [0, 0.1) is 25.2 Å². The first-order chi connectivity index (χ1) is 12.9. The minimum Gasteiger partial charge on any atom is -0.454 e. The summed E-state index contributed by atoms with van der Waals surface area (Å²) in [4.78, 5) is 12.5. The number of hydrogen-bond acceptors (Lipinski definition) is 4. The summed E-state index contributed by atoms with van der Waals surface area (Å²) in [7, 11) is 1.65. The van der Waals surface area contributed by atoms with Crippen LogP contribution in [-0.4, -0.2) is 24.3 Å². The highest BCUT2D eigenvalue weighted by atomic mass is 35.5. The Labute approximate surface area is 164 Å². The molecule has 0 aliphatic heterocycles. The molecule has 6 heteroatoms. The highest BCUT2D eigenvalue weighted by molar-refractivity contribution is 6.31. The molecule has 0 aliphatic rings. The van der Waals surface area contributed by atoms with Gasteiger partial charge in [-0.15, -0.1) is 0 Å². The van der Waals surface area contributed by atoms with Crippen LogP contribution in [-0.2, 0) is 20.8 Å². The molecule has 2 rings (SSSR count). The van der Waals surface area contributed by atoms with E-state index >= 15 is 0 Å². The predicted octanol–water partition coefficient (Wildman–Crippen LogP) is 4.62. The molecular weight excluding hydrogens is 364 g/mol. The number of aromatic nitrogens is 1. The van der Waals surface area contributed by atoms with Crippen molar-refractivity contribution in [2.24, 2.45) is 0 Å². The minimum absolute atomic E-state index is 0.0547. The fraction of sp³-hybridized carbons (Fsp3) is 0.333. The first-order valence-electron chi connectivity index (χ1n) is 8.61. The van der Waals surface area contributed by atoms with Crippen LogP contribution in [0.1, 0.15) is 35.5 Å². The number of benzene rings is 1. The van der Waals surface area contributed by atoms with Gasteiger partial charge in [-0.2, -0.15) is 5.26 Å². The normalized spacial score (nSPS) is 12.5. The van der Waals surface area contributed by atoms with Crippen LogP contribution in [0.3, 0.4) is 0 Å². The lowest BCUT2D eigenvalue weighted by Crippen LogP contribution is -2.11. The molecule has 0 aliphatic carbocycles. The highest BCUT2D eigenvalue weighted by Crippen LogP contribution is 2.26. The Morgan fingerprint density at radius 3 is 2.70 bits per heavy atom. The third-order valence-electron chi connectivity index (χ3n) is 4.40. The van der Waals surface area contributed by atoms with Gasteiger partial charge < -0.3 is 14.0 Å². The Morgan fingerprint density at radius 1 is 1.37 bits per heavy atom. The molecule has 1 heterocycles. The molecule has 0 unspecified atom stereocenters. The number of ether oxygens (including phenoxy) is 2. The third-order valence-corrected chi connectivity index (χ3v) is 4.74. The Bertz CT molecular complexity index is 893. The topological polar surface area (TPSA) is 64.2 Å². The van der Waals surface area contributed by atoms with Gasteiger partial charge in [0.15, 0.2) is 0 Å². The van der Waals surface area contributed by atoms with Crippen molar-refractivity contribution < 1.29 is 14.3 Å². The van der Waals surface area contributed by atoms with E-state index < -0.39 is 12.1 Å². The minimum atomic E-state index is -0.674. The maximum Gasteiger partial charge on any atom is 0.349 e. The predicted molar refractivity (Wildman–Crippen MR) is 105 cm³/mol. The second kappa shape index (κ2) is 9.40. The van der Waals surface area contributed by atoms with Gasteiger partial charge in [0.1, 0.15) is 17.7 Å². The van der Waals surface area contributed by atoms with Crippen molar-refractivity contribution in [2.75, 3.05) is 13.7 Å².